The van der Waals surface area contributed by atoms with Gasteiger partial charge >= 0.3 is 5.97 Å². The molecule has 7 heteroatoms. The maximum absolute atomic E-state index is 13.4. The number of hydrogen-bond donors (Lipinski definition) is 1. The SMILES string of the molecule is COC(=O)c1cccc(N2C(=O)C(=O)/C(=C(/O)c3cc(C)c(OC)cc3C)C2c2ccccc2)c1. The summed E-state index contributed by atoms with van der Waals surface area (Å²) in [6.07, 6.45) is 0. The fourth-order valence-corrected chi connectivity index (χ4v) is 4.36. The number of benzene rings is 3. The van der Waals surface area contributed by atoms with E-state index >= 15 is 0 Å². The summed E-state index contributed by atoms with van der Waals surface area (Å²) in [6.45, 7) is 3.63. The van der Waals surface area contributed by atoms with Gasteiger partial charge in [0.2, 0.25) is 0 Å². The predicted molar refractivity (Wildman–Crippen MR) is 131 cm³/mol. The number of carbonyl (C=O) groups is 3. The number of ether oxygens (including phenoxy) is 2. The number of nitrogens with zero attached hydrogens (tertiary/aromatic N) is 1. The molecule has 1 heterocycles. The molecular formula is C28H25NO6. The molecule has 1 amide bonds. The van der Waals surface area contributed by atoms with E-state index < -0.39 is 23.7 Å². The van der Waals surface area contributed by atoms with Crippen molar-refractivity contribution in [1.29, 1.82) is 0 Å². The summed E-state index contributed by atoms with van der Waals surface area (Å²) in [7, 11) is 2.83. The highest BCUT2D eigenvalue weighted by Crippen LogP contribution is 2.43. The summed E-state index contributed by atoms with van der Waals surface area (Å²) in [5.41, 5.74) is 3.08. The van der Waals surface area contributed by atoms with Crippen LogP contribution in [0.5, 0.6) is 5.75 Å². The number of aliphatic hydroxyl groups is 1. The summed E-state index contributed by atoms with van der Waals surface area (Å²) in [5, 5.41) is 11.4. The smallest absolute Gasteiger partial charge is 0.337 e. The normalized spacial score (nSPS) is 16.9. The molecule has 0 bridgehead atoms. The van der Waals surface area contributed by atoms with Crippen LogP contribution < -0.4 is 9.64 Å². The second-order valence-electron chi connectivity index (χ2n) is 8.26. The number of aryl methyl sites for hydroxylation is 2. The number of rotatable bonds is 5. The summed E-state index contributed by atoms with van der Waals surface area (Å²) in [5.74, 6) is -1.80. The quantitative estimate of drug-likeness (QED) is 0.250. The molecule has 0 aliphatic carbocycles. The monoisotopic (exact) mass is 471 g/mol. The molecule has 1 fully saturated rings. The first-order valence-electron chi connectivity index (χ1n) is 11.0. The Bertz CT molecular complexity index is 1360. The van der Waals surface area contributed by atoms with Crippen molar-refractivity contribution in [3.05, 3.63) is 100 Å². The van der Waals surface area contributed by atoms with Crippen molar-refractivity contribution in [3.8, 4) is 5.75 Å². The lowest BCUT2D eigenvalue weighted by atomic mass is 9.93. The van der Waals surface area contributed by atoms with Gasteiger partial charge in [-0.25, -0.2) is 4.79 Å². The Hall–Kier alpha value is -4.39. The molecule has 0 saturated carbocycles. The first-order valence-corrected chi connectivity index (χ1v) is 11.0. The van der Waals surface area contributed by atoms with Gasteiger partial charge in [0.1, 0.15) is 11.5 Å². The maximum Gasteiger partial charge on any atom is 0.337 e. The number of amides is 1. The van der Waals surface area contributed by atoms with E-state index in [-0.39, 0.29) is 16.9 Å². The average Bonchev–Trinajstić information content (AvgIpc) is 3.15. The van der Waals surface area contributed by atoms with E-state index in [1.165, 1.54) is 18.1 Å². The van der Waals surface area contributed by atoms with Gasteiger partial charge in [-0.05, 0) is 60.9 Å². The topological polar surface area (TPSA) is 93.1 Å². The van der Waals surface area contributed by atoms with E-state index in [1.807, 2.05) is 13.0 Å². The van der Waals surface area contributed by atoms with Gasteiger partial charge in [-0.1, -0.05) is 36.4 Å². The Morgan fingerprint density at radius 1 is 0.914 bits per heavy atom. The van der Waals surface area contributed by atoms with E-state index in [4.69, 9.17) is 9.47 Å². The second-order valence-corrected chi connectivity index (χ2v) is 8.26. The highest BCUT2D eigenvalue weighted by molar-refractivity contribution is 6.51. The molecule has 3 aromatic carbocycles. The van der Waals surface area contributed by atoms with Crippen LogP contribution in [0.15, 0.2) is 72.3 Å². The van der Waals surface area contributed by atoms with E-state index in [0.717, 1.165) is 5.56 Å². The van der Waals surface area contributed by atoms with Crippen LogP contribution in [-0.2, 0) is 14.3 Å². The third-order valence-electron chi connectivity index (χ3n) is 6.10. The molecule has 178 valence electrons. The van der Waals surface area contributed by atoms with E-state index in [0.29, 0.717) is 28.1 Å². The number of esters is 1. The van der Waals surface area contributed by atoms with Gasteiger partial charge in [0.05, 0.1) is 31.4 Å². The van der Waals surface area contributed by atoms with Crippen molar-refractivity contribution in [3.63, 3.8) is 0 Å². The van der Waals surface area contributed by atoms with Gasteiger partial charge in [0, 0.05) is 11.3 Å². The summed E-state index contributed by atoms with van der Waals surface area (Å²) >= 11 is 0. The molecule has 3 aromatic rings. The molecule has 0 spiro atoms. The largest absolute Gasteiger partial charge is 0.507 e. The van der Waals surface area contributed by atoms with Crippen LogP contribution in [0.2, 0.25) is 0 Å². The summed E-state index contributed by atoms with van der Waals surface area (Å²) in [4.78, 5) is 40.1. The van der Waals surface area contributed by atoms with Crippen molar-refractivity contribution >= 4 is 29.1 Å². The second kappa shape index (κ2) is 9.46. The number of ketones is 1. The first kappa shape index (κ1) is 23.8. The minimum atomic E-state index is -0.897. The van der Waals surface area contributed by atoms with E-state index in [9.17, 15) is 19.5 Å². The van der Waals surface area contributed by atoms with E-state index in [1.54, 1.807) is 68.6 Å². The Morgan fingerprint density at radius 3 is 2.29 bits per heavy atom. The Kier molecular flexibility index (Phi) is 6.42. The van der Waals surface area contributed by atoms with E-state index in [2.05, 4.69) is 0 Å². The molecule has 1 aliphatic rings. The van der Waals surface area contributed by atoms with Crippen LogP contribution in [0.1, 0.15) is 38.7 Å². The molecular weight excluding hydrogens is 446 g/mol. The van der Waals surface area contributed by atoms with Crippen LogP contribution >= 0.6 is 0 Å². The fraction of sp³-hybridized carbons (Fsp3) is 0.179. The summed E-state index contributed by atoms with van der Waals surface area (Å²) < 4.78 is 10.2. The van der Waals surface area contributed by atoms with Crippen LogP contribution in [0.3, 0.4) is 0 Å². The van der Waals surface area contributed by atoms with Crippen molar-refractivity contribution < 1.29 is 29.0 Å². The van der Waals surface area contributed by atoms with Crippen LogP contribution in [0.25, 0.3) is 5.76 Å². The highest BCUT2D eigenvalue weighted by Gasteiger charge is 2.47. The minimum Gasteiger partial charge on any atom is -0.507 e. The minimum absolute atomic E-state index is 0.0302. The molecule has 1 aliphatic heterocycles. The number of carbonyl (C=O) groups excluding carboxylic acids is 3. The van der Waals surface area contributed by atoms with Crippen LogP contribution in [-0.4, -0.2) is 37.0 Å². The lowest BCUT2D eigenvalue weighted by Gasteiger charge is -2.26. The summed E-state index contributed by atoms with van der Waals surface area (Å²) in [6, 6.07) is 17.9. The van der Waals surface area contributed by atoms with Crippen molar-refractivity contribution in [2.24, 2.45) is 0 Å². The van der Waals surface area contributed by atoms with Gasteiger partial charge in [-0.2, -0.15) is 0 Å². The zero-order valence-corrected chi connectivity index (χ0v) is 19.9. The Labute approximate surface area is 203 Å². The van der Waals surface area contributed by atoms with Gasteiger partial charge in [0.25, 0.3) is 11.7 Å². The highest BCUT2D eigenvalue weighted by atomic mass is 16.5. The number of hydrogen-bond acceptors (Lipinski definition) is 6. The Balaban J connectivity index is 1.95. The third-order valence-corrected chi connectivity index (χ3v) is 6.10. The van der Waals surface area contributed by atoms with Gasteiger partial charge in [-0.15, -0.1) is 0 Å². The third kappa shape index (κ3) is 4.17. The molecule has 0 aromatic heterocycles. The van der Waals surface area contributed by atoms with Crippen molar-refractivity contribution in [2.75, 3.05) is 19.1 Å². The number of anilines is 1. The van der Waals surface area contributed by atoms with Gasteiger partial charge < -0.3 is 14.6 Å². The van der Waals surface area contributed by atoms with Gasteiger partial charge in [0.15, 0.2) is 0 Å². The molecule has 1 saturated heterocycles. The molecule has 1 unspecified atom stereocenters. The molecule has 35 heavy (non-hydrogen) atoms. The number of Topliss-reactive ketones (excluding diaryl/α,β-unsaturated/α-hetero) is 1. The lowest BCUT2D eigenvalue weighted by Crippen LogP contribution is -2.29. The molecule has 1 N–H and O–H groups in total. The molecule has 4 rings (SSSR count). The van der Waals surface area contributed by atoms with Crippen molar-refractivity contribution in [1.82, 2.24) is 0 Å². The fourth-order valence-electron chi connectivity index (χ4n) is 4.36. The average molecular weight is 472 g/mol. The standard InChI is InChI=1S/C28H25NO6/c1-16-14-22(34-3)17(2)13-21(16)25(30)23-24(18-9-6-5-7-10-18)29(27(32)26(23)31)20-12-8-11-19(15-20)28(33)35-4/h5-15,24,30H,1-4H3/b25-23+. The maximum atomic E-state index is 13.4. The number of aliphatic hydroxyl groups excluding tert-OH is 1. The Morgan fingerprint density at radius 2 is 1.63 bits per heavy atom. The lowest BCUT2D eigenvalue weighted by molar-refractivity contribution is -0.132. The molecule has 1 atom stereocenters. The first-order chi connectivity index (χ1) is 16.8. The van der Waals surface area contributed by atoms with Gasteiger partial charge in [-0.3, -0.25) is 14.5 Å². The number of methoxy groups -OCH3 is 2. The molecule has 7 nitrogen and oxygen atoms in total. The zero-order chi connectivity index (χ0) is 25.3. The van der Waals surface area contributed by atoms with Crippen LogP contribution in [0.4, 0.5) is 5.69 Å². The molecule has 0 radical (unpaired) electrons. The van der Waals surface area contributed by atoms with Crippen molar-refractivity contribution in [2.45, 2.75) is 19.9 Å². The predicted octanol–water partition coefficient (Wildman–Crippen LogP) is 4.72. The zero-order valence-electron chi connectivity index (χ0n) is 19.9. The van der Waals surface area contributed by atoms with Crippen LogP contribution in [0, 0.1) is 13.8 Å².